The zero-order chi connectivity index (χ0) is 33.5. The second-order valence-electron chi connectivity index (χ2n) is 10.7. The first-order chi connectivity index (χ1) is 22.8. The summed E-state index contributed by atoms with van der Waals surface area (Å²) in [4.78, 5) is 18.7. The van der Waals surface area contributed by atoms with Crippen LogP contribution in [0.15, 0.2) is 54.7 Å². The van der Waals surface area contributed by atoms with Crippen molar-refractivity contribution in [1.29, 1.82) is 0 Å². The van der Waals surface area contributed by atoms with Crippen LogP contribution < -0.4 is 4.74 Å². The van der Waals surface area contributed by atoms with Crippen LogP contribution in [-0.2, 0) is 54.2 Å². The molecule has 47 heavy (non-hydrogen) atoms. The Kier molecular flexibility index (Phi) is 14.4. The lowest BCUT2D eigenvalue weighted by Crippen LogP contribution is -2.32. The molecule has 256 valence electrons. The van der Waals surface area contributed by atoms with Crippen molar-refractivity contribution in [2.24, 2.45) is 0 Å². The smallest absolute Gasteiger partial charge is 0.416 e. The Bertz CT molecular complexity index is 1420. The molecule has 1 aliphatic heterocycles. The molecule has 0 saturated carbocycles. The van der Waals surface area contributed by atoms with E-state index in [1.807, 2.05) is 0 Å². The molecule has 0 bridgehead atoms. The standard InChI is InChI=1S/C34H40F4N2O7/c1-42-11-12-44-15-16-46-18-17-45-14-13-43-10-4-5-25-19-26(21-27(20-25)34(36,37)38)22-40-23-30-28(29-6-2-3-7-31(29)35)8-9-39-33(30)47-24-32(40)41/h2-3,6-9,19-21H,4-5,10-18,22-24H2,1H3. The molecule has 0 fully saturated rings. The van der Waals surface area contributed by atoms with E-state index in [-0.39, 0.29) is 25.6 Å². The van der Waals surface area contributed by atoms with Crippen LogP contribution in [0.25, 0.3) is 11.1 Å². The second-order valence-corrected chi connectivity index (χ2v) is 10.7. The number of hydrogen-bond donors (Lipinski definition) is 0. The number of carbonyl (C=O) groups is 1. The Morgan fingerprint density at radius 2 is 1.47 bits per heavy atom. The predicted molar refractivity (Wildman–Crippen MR) is 164 cm³/mol. The van der Waals surface area contributed by atoms with Crippen LogP contribution >= 0.6 is 0 Å². The van der Waals surface area contributed by atoms with Crippen molar-refractivity contribution in [2.45, 2.75) is 32.1 Å². The molecule has 1 aromatic heterocycles. The number of fused-ring (bicyclic) bond motifs is 1. The van der Waals surface area contributed by atoms with E-state index in [0.717, 1.165) is 12.1 Å². The Balaban J connectivity index is 1.29. The third-order valence-corrected chi connectivity index (χ3v) is 7.27. The third kappa shape index (κ3) is 11.5. The molecule has 2 heterocycles. The van der Waals surface area contributed by atoms with E-state index in [9.17, 15) is 22.4 Å². The molecule has 0 saturated heterocycles. The number of alkyl halides is 3. The molecule has 0 atom stereocenters. The topological polar surface area (TPSA) is 88.6 Å². The fourth-order valence-electron chi connectivity index (χ4n) is 4.99. The van der Waals surface area contributed by atoms with E-state index < -0.39 is 23.5 Å². The molecule has 0 radical (unpaired) electrons. The van der Waals surface area contributed by atoms with Gasteiger partial charge in [-0.2, -0.15) is 13.2 Å². The maximum Gasteiger partial charge on any atom is 0.416 e. The van der Waals surface area contributed by atoms with Gasteiger partial charge in [0.25, 0.3) is 5.91 Å². The predicted octanol–water partition coefficient (Wildman–Crippen LogP) is 5.47. The Morgan fingerprint density at radius 1 is 0.830 bits per heavy atom. The van der Waals surface area contributed by atoms with E-state index in [2.05, 4.69) is 4.98 Å². The number of aryl methyl sites for hydroxylation is 1. The third-order valence-electron chi connectivity index (χ3n) is 7.27. The van der Waals surface area contributed by atoms with Crippen LogP contribution in [0.1, 0.15) is 28.7 Å². The van der Waals surface area contributed by atoms with Crippen molar-refractivity contribution in [1.82, 2.24) is 9.88 Å². The summed E-state index contributed by atoms with van der Waals surface area (Å²) in [5, 5.41) is 0. The van der Waals surface area contributed by atoms with E-state index in [4.69, 9.17) is 28.4 Å². The van der Waals surface area contributed by atoms with Gasteiger partial charge in [-0.25, -0.2) is 9.37 Å². The summed E-state index contributed by atoms with van der Waals surface area (Å²) >= 11 is 0. The molecular formula is C34H40F4N2O7. The van der Waals surface area contributed by atoms with Crippen molar-refractivity contribution < 1.29 is 50.8 Å². The van der Waals surface area contributed by atoms with Gasteiger partial charge >= 0.3 is 6.18 Å². The summed E-state index contributed by atoms with van der Waals surface area (Å²) in [5.41, 5.74) is 1.29. The maximum atomic E-state index is 14.7. The molecule has 13 heteroatoms. The van der Waals surface area contributed by atoms with Crippen molar-refractivity contribution in [3.63, 3.8) is 0 Å². The van der Waals surface area contributed by atoms with Crippen LogP contribution in [0, 0.1) is 5.82 Å². The summed E-state index contributed by atoms with van der Waals surface area (Å²) in [6.07, 6.45) is -2.26. The van der Waals surface area contributed by atoms with Crippen molar-refractivity contribution in [2.75, 3.05) is 73.2 Å². The number of benzene rings is 2. The minimum atomic E-state index is -4.57. The van der Waals surface area contributed by atoms with Crippen LogP contribution in [0.4, 0.5) is 17.6 Å². The van der Waals surface area contributed by atoms with Gasteiger partial charge in [-0.15, -0.1) is 0 Å². The molecule has 4 rings (SSSR count). The number of hydrogen-bond acceptors (Lipinski definition) is 8. The van der Waals surface area contributed by atoms with Crippen LogP contribution in [0.2, 0.25) is 0 Å². The fraction of sp³-hybridized carbons (Fsp3) is 0.471. The van der Waals surface area contributed by atoms with Gasteiger partial charge in [0.05, 0.1) is 65.0 Å². The molecule has 0 aliphatic carbocycles. The number of amides is 1. The SMILES string of the molecule is COCCOCCOCCOCCOCCCc1cc(CN2Cc3c(-c4ccccc4F)ccnc3OCC2=O)cc(C(F)(F)F)c1. The van der Waals surface area contributed by atoms with E-state index >= 15 is 0 Å². The summed E-state index contributed by atoms with van der Waals surface area (Å²) in [6.45, 7) is 3.45. The van der Waals surface area contributed by atoms with Gasteiger partial charge in [0.2, 0.25) is 5.88 Å². The first-order valence-corrected chi connectivity index (χ1v) is 15.4. The van der Waals surface area contributed by atoms with Gasteiger partial charge in [-0.05, 0) is 53.8 Å². The quantitative estimate of drug-likeness (QED) is 0.123. The lowest BCUT2D eigenvalue weighted by Gasteiger charge is -2.22. The van der Waals surface area contributed by atoms with E-state index in [1.165, 1.54) is 17.2 Å². The zero-order valence-electron chi connectivity index (χ0n) is 26.4. The average Bonchev–Trinajstić information content (AvgIpc) is 3.21. The molecule has 2 aromatic carbocycles. The van der Waals surface area contributed by atoms with Gasteiger partial charge in [0.15, 0.2) is 6.61 Å². The minimum absolute atomic E-state index is 0.0113. The first kappa shape index (κ1) is 36.2. The first-order valence-electron chi connectivity index (χ1n) is 15.4. The monoisotopic (exact) mass is 664 g/mol. The van der Waals surface area contributed by atoms with Crippen LogP contribution in [0.3, 0.4) is 0 Å². The second kappa shape index (κ2) is 18.6. The number of halogens is 4. The van der Waals surface area contributed by atoms with Crippen molar-refractivity contribution in [3.8, 4) is 17.0 Å². The van der Waals surface area contributed by atoms with E-state index in [1.54, 1.807) is 37.4 Å². The Morgan fingerprint density at radius 3 is 2.13 bits per heavy atom. The molecule has 3 aromatic rings. The van der Waals surface area contributed by atoms with Gasteiger partial charge < -0.3 is 33.3 Å². The number of ether oxygens (including phenoxy) is 6. The van der Waals surface area contributed by atoms with E-state index in [0.29, 0.717) is 100 Å². The number of carbonyl (C=O) groups excluding carboxylic acids is 1. The number of pyridine rings is 1. The minimum Gasteiger partial charge on any atom is -0.467 e. The number of aromatic nitrogens is 1. The van der Waals surface area contributed by atoms with Gasteiger partial charge in [-0.3, -0.25) is 4.79 Å². The van der Waals surface area contributed by atoms with Crippen LogP contribution in [0.5, 0.6) is 5.88 Å². The van der Waals surface area contributed by atoms with Crippen LogP contribution in [-0.4, -0.2) is 89.0 Å². The maximum absolute atomic E-state index is 14.7. The van der Waals surface area contributed by atoms with Gasteiger partial charge in [0.1, 0.15) is 5.82 Å². The highest BCUT2D eigenvalue weighted by Crippen LogP contribution is 2.35. The normalized spacial score (nSPS) is 13.4. The largest absolute Gasteiger partial charge is 0.467 e. The average molecular weight is 665 g/mol. The molecule has 0 N–H and O–H groups in total. The van der Waals surface area contributed by atoms with Gasteiger partial charge in [-0.1, -0.05) is 24.3 Å². The number of methoxy groups -OCH3 is 1. The lowest BCUT2D eigenvalue weighted by molar-refractivity contribution is -0.137. The Hall–Kier alpha value is -3.62. The van der Waals surface area contributed by atoms with Gasteiger partial charge in [0, 0.05) is 37.6 Å². The number of rotatable bonds is 19. The summed E-state index contributed by atoms with van der Waals surface area (Å²) in [7, 11) is 1.61. The Labute approximate surface area is 271 Å². The summed E-state index contributed by atoms with van der Waals surface area (Å²) < 4.78 is 88.5. The molecule has 9 nitrogen and oxygen atoms in total. The lowest BCUT2D eigenvalue weighted by atomic mass is 9.99. The summed E-state index contributed by atoms with van der Waals surface area (Å²) in [6, 6.07) is 11.7. The molecule has 0 spiro atoms. The van der Waals surface area contributed by atoms with Crippen molar-refractivity contribution >= 4 is 5.91 Å². The highest BCUT2D eigenvalue weighted by Gasteiger charge is 2.32. The molecule has 1 aliphatic rings. The van der Waals surface area contributed by atoms with Crippen molar-refractivity contribution in [3.05, 3.63) is 82.8 Å². The number of nitrogens with zero attached hydrogens (tertiary/aromatic N) is 2. The molecule has 0 unspecified atom stereocenters. The molecule has 1 amide bonds. The summed E-state index contributed by atoms with van der Waals surface area (Å²) in [5.74, 6) is -0.691. The zero-order valence-corrected chi connectivity index (χ0v) is 26.4. The molecular weight excluding hydrogens is 624 g/mol. The fourth-order valence-corrected chi connectivity index (χ4v) is 4.99. The highest BCUT2D eigenvalue weighted by molar-refractivity contribution is 5.80. The highest BCUT2D eigenvalue weighted by atomic mass is 19.4.